The Kier molecular flexibility index (Phi) is 2.87. The second-order valence-corrected chi connectivity index (χ2v) is 3.58. The van der Waals surface area contributed by atoms with Crippen molar-refractivity contribution in [1.29, 1.82) is 0 Å². The van der Waals surface area contributed by atoms with E-state index in [1.54, 1.807) is 0 Å². The molecule has 2 unspecified atom stereocenters. The monoisotopic (exact) mass is 159 g/mol. The first-order chi connectivity index (χ1) is 5.23. The summed E-state index contributed by atoms with van der Waals surface area (Å²) in [4.78, 5) is 0. The van der Waals surface area contributed by atoms with Gasteiger partial charge in [0, 0.05) is 25.2 Å². The van der Waals surface area contributed by atoms with Crippen LogP contribution in [-0.2, 0) is 4.74 Å². The van der Waals surface area contributed by atoms with Gasteiger partial charge in [0.25, 0.3) is 0 Å². The first-order valence-corrected chi connectivity index (χ1v) is 4.11. The zero-order valence-electron chi connectivity index (χ0n) is 7.05. The Morgan fingerprint density at radius 1 is 1.73 bits per heavy atom. The van der Waals surface area contributed by atoms with Gasteiger partial charge in [0.1, 0.15) is 0 Å². The predicted molar refractivity (Wildman–Crippen MR) is 43.2 cm³/mol. The zero-order chi connectivity index (χ0) is 8.32. The number of hydrogen-bond acceptors (Lipinski definition) is 3. The Morgan fingerprint density at radius 2 is 2.45 bits per heavy atom. The van der Waals surface area contributed by atoms with E-state index >= 15 is 0 Å². The number of nitrogens with two attached hydrogens (primary N) is 1. The molecule has 3 nitrogen and oxygen atoms in total. The molecule has 3 N–H and O–H groups in total. The van der Waals surface area contributed by atoms with E-state index in [-0.39, 0.29) is 12.0 Å². The van der Waals surface area contributed by atoms with Crippen molar-refractivity contribution < 1.29 is 9.84 Å². The summed E-state index contributed by atoms with van der Waals surface area (Å²) in [6.45, 7) is 4.30. The van der Waals surface area contributed by atoms with E-state index in [2.05, 4.69) is 0 Å². The molecular formula is C8H17NO2. The molecule has 0 radical (unpaired) electrons. The lowest BCUT2D eigenvalue weighted by Crippen LogP contribution is -2.38. The molecule has 66 valence electrons. The van der Waals surface area contributed by atoms with Crippen LogP contribution in [0.5, 0.6) is 0 Å². The molecule has 11 heavy (non-hydrogen) atoms. The molecule has 3 heteroatoms. The van der Waals surface area contributed by atoms with Crippen molar-refractivity contribution >= 4 is 0 Å². The lowest BCUT2D eigenvalue weighted by molar-refractivity contribution is 0.0731. The van der Waals surface area contributed by atoms with Crippen LogP contribution < -0.4 is 5.73 Å². The van der Waals surface area contributed by atoms with Gasteiger partial charge in [-0.25, -0.2) is 0 Å². The fraction of sp³-hybridized carbons (Fsp3) is 1.00. The van der Waals surface area contributed by atoms with Crippen molar-refractivity contribution in [2.45, 2.75) is 13.3 Å². The molecular weight excluding hydrogens is 142 g/mol. The minimum absolute atomic E-state index is 0.128. The zero-order valence-corrected chi connectivity index (χ0v) is 7.05. The molecule has 2 atom stereocenters. The van der Waals surface area contributed by atoms with Crippen molar-refractivity contribution in [1.82, 2.24) is 0 Å². The third kappa shape index (κ3) is 1.72. The molecule has 0 bridgehead atoms. The number of hydrogen-bond donors (Lipinski definition) is 2. The van der Waals surface area contributed by atoms with Crippen molar-refractivity contribution in [2.75, 3.05) is 26.4 Å². The van der Waals surface area contributed by atoms with Gasteiger partial charge >= 0.3 is 0 Å². The Morgan fingerprint density at radius 3 is 2.82 bits per heavy atom. The third-order valence-electron chi connectivity index (χ3n) is 2.74. The molecule has 0 amide bonds. The Labute approximate surface area is 67.5 Å². The lowest BCUT2D eigenvalue weighted by atomic mass is 9.77. The maximum Gasteiger partial charge on any atom is 0.0501 e. The van der Waals surface area contributed by atoms with Crippen LogP contribution in [0.2, 0.25) is 0 Å². The molecule has 0 aromatic rings. The highest BCUT2D eigenvalue weighted by molar-refractivity contribution is 4.84. The van der Waals surface area contributed by atoms with E-state index in [4.69, 9.17) is 15.6 Å². The highest BCUT2D eigenvalue weighted by atomic mass is 16.5. The average molecular weight is 159 g/mol. The van der Waals surface area contributed by atoms with E-state index in [0.717, 1.165) is 19.6 Å². The lowest BCUT2D eigenvalue weighted by Gasteiger charge is -2.31. The molecule has 1 saturated heterocycles. The minimum Gasteiger partial charge on any atom is -0.396 e. The molecule has 1 rings (SSSR count). The molecule has 0 aromatic carbocycles. The quantitative estimate of drug-likeness (QED) is 0.608. The van der Waals surface area contributed by atoms with E-state index in [9.17, 15) is 0 Å². The van der Waals surface area contributed by atoms with E-state index < -0.39 is 0 Å². The molecule has 1 aliphatic rings. The normalized spacial score (nSPS) is 30.3. The van der Waals surface area contributed by atoms with Crippen molar-refractivity contribution in [3.63, 3.8) is 0 Å². The standard InChI is InChI=1S/C8H17NO2/c1-8(5-9,6-10)7-2-3-11-4-7/h7,10H,2-6,9H2,1H3. The predicted octanol–water partition coefficient (Wildman–Crippen LogP) is -0.0198. The van der Waals surface area contributed by atoms with E-state index in [0.29, 0.717) is 12.5 Å². The topological polar surface area (TPSA) is 55.5 Å². The first-order valence-electron chi connectivity index (χ1n) is 4.11. The van der Waals surface area contributed by atoms with Gasteiger partial charge in [-0.05, 0) is 12.3 Å². The molecule has 0 saturated carbocycles. The second-order valence-electron chi connectivity index (χ2n) is 3.58. The van der Waals surface area contributed by atoms with Crippen LogP contribution in [0.4, 0.5) is 0 Å². The molecule has 1 heterocycles. The van der Waals surface area contributed by atoms with Crippen LogP contribution in [0, 0.1) is 11.3 Å². The van der Waals surface area contributed by atoms with Crippen molar-refractivity contribution in [2.24, 2.45) is 17.1 Å². The van der Waals surface area contributed by atoms with Crippen molar-refractivity contribution in [3.05, 3.63) is 0 Å². The average Bonchev–Trinajstić information content (AvgIpc) is 2.55. The fourth-order valence-corrected chi connectivity index (χ4v) is 1.44. The highest BCUT2D eigenvalue weighted by Crippen LogP contribution is 2.31. The summed E-state index contributed by atoms with van der Waals surface area (Å²) in [5.41, 5.74) is 5.45. The smallest absolute Gasteiger partial charge is 0.0501 e. The highest BCUT2D eigenvalue weighted by Gasteiger charge is 2.34. The Balaban J connectivity index is 2.52. The van der Waals surface area contributed by atoms with Crippen LogP contribution >= 0.6 is 0 Å². The minimum atomic E-state index is -0.128. The van der Waals surface area contributed by atoms with Gasteiger partial charge in [0.2, 0.25) is 0 Å². The summed E-state index contributed by atoms with van der Waals surface area (Å²) in [7, 11) is 0. The molecule has 0 aromatic heterocycles. The summed E-state index contributed by atoms with van der Waals surface area (Å²) >= 11 is 0. The summed E-state index contributed by atoms with van der Waals surface area (Å²) in [6.07, 6.45) is 1.04. The van der Waals surface area contributed by atoms with Crippen molar-refractivity contribution in [3.8, 4) is 0 Å². The molecule has 1 aliphatic heterocycles. The van der Waals surface area contributed by atoms with E-state index in [1.165, 1.54) is 0 Å². The maximum absolute atomic E-state index is 9.11. The van der Waals surface area contributed by atoms with Gasteiger partial charge < -0.3 is 15.6 Å². The Bertz CT molecular complexity index is 117. The summed E-state index contributed by atoms with van der Waals surface area (Å²) < 4.78 is 5.24. The van der Waals surface area contributed by atoms with Gasteiger partial charge in [-0.3, -0.25) is 0 Å². The van der Waals surface area contributed by atoms with Crippen LogP contribution in [0.25, 0.3) is 0 Å². The van der Waals surface area contributed by atoms with Gasteiger partial charge in [-0.1, -0.05) is 6.92 Å². The number of ether oxygens (including phenoxy) is 1. The van der Waals surface area contributed by atoms with Gasteiger partial charge in [0.05, 0.1) is 6.61 Å². The van der Waals surface area contributed by atoms with E-state index in [1.807, 2.05) is 6.92 Å². The first kappa shape index (κ1) is 8.97. The molecule has 0 aliphatic carbocycles. The van der Waals surface area contributed by atoms with Gasteiger partial charge in [-0.15, -0.1) is 0 Å². The summed E-state index contributed by atoms with van der Waals surface area (Å²) in [5, 5.41) is 9.11. The van der Waals surface area contributed by atoms with Crippen LogP contribution in [0.15, 0.2) is 0 Å². The van der Waals surface area contributed by atoms with Crippen LogP contribution in [-0.4, -0.2) is 31.5 Å². The second kappa shape index (κ2) is 3.52. The number of aliphatic hydroxyl groups is 1. The summed E-state index contributed by atoms with van der Waals surface area (Å²) in [5.74, 6) is 0.442. The summed E-state index contributed by atoms with van der Waals surface area (Å²) in [6, 6.07) is 0. The van der Waals surface area contributed by atoms with Gasteiger partial charge in [0.15, 0.2) is 0 Å². The molecule has 1 fully saturated rings. The Hall–Kier alpha value is -0.120. The third-order valence-corrected chi connectivity index (χ3v) is 2.74. The maximum atomic E-state index is 9.11. The molecule has 0 spiro atoms. The largest absolute Gasteiger partial charge is 0.396 e. The van der Waals surface area contributed by atoms with Crippen LogP contribution in [0.3, 0.4) is 0 Å². The SMILES string of the molecule is CC(CN)(CO)C1CCOC1. The van der Waals surface area contributed by atoms with Crippen LogP contribution in [0.1, 0.15) is 13.3 Å². The van der Waals surface area contributed by atoms with Gasteiger partial charge in [-0.2, -0.15) is 0 Å². The number of rotatable bonds is 3. The number of aliphatic hydroxyl groups excluding tert-OH is 1. The fourth-order valence-electron chi connectivity index (χ4n) is 1.44.